The van der Waals surface area contributed by atoms with Crippen molar-refractivity contribution in [1.29, 1.82) is 0 Å². The van der Waals surface area contributed by atoms with Crippen LogP contribution in [-0.4, -0.2) is 67.6 Å². The van der Waals surface area contributed by atoms with Gasteiger partial charge in [-0.1, -0.05) is 42.3 Å². The molecule has 10 heteroatoms. The van der Waals surface area contributed by atoms with Crippen molar-refractivity contribution in [1.82, 2.24) is 10.2 Å². The summed E-state index contributed by atoms with van der Waals surface area (Å²) < 4.78 is 16.8. The van der Waals surface area contributed by atoms with Gasteiger partial charge in [-0.2, -0.15) is 0 Å². The van der Waals surface area contributed by atoms with Gasteiger partial charge < -0.3 is 29.5 Å². The molecule has 2 amide bonds. The van der Waals surface area contributed by atoms with E-state index >= 15 is 0 Å². The molecule has 2 N–H and O–H groups in total. The minimum absolute atomic E-state index is 0.141. The van der Waals surface area contributed by atoms with Crippen LogP contribution in [0, 0.1) is 0 Å². The minimum atomic E-state index is -0.983. The van der Waals surface area contributed by atoms with Crippen molar-refractivity contribution in [3.63, 3.8) is 0 Å². The van der Waals surface area contributed by atoms with Gasteiger partial charge in [-0.05, 0) is 61.2 Å². The number of benzene rings is 2. The molecular formula is C27H36Cl2N2O6. The molecule has 204 valence electrons. The zero-order valence-corrected chi connectivity index (χ0v) is 22.9. The Morgan fingerprint density at radius 2 is 1.70 bits per heavy atom. The highest BCUT2D eigenvalue weighted by Crippen LogP contribution is 2.19. The summed E-state index contributed by atoms with van der Waals surface area (Å²) >= 11 is 12.0. The quantitative estimate of drug-likeness (QED) is 0.253. The number of carboxylic acid groups (broad SMARTS) is 1. The molecule has 37 heavy (non-hydrogen) atoms. The molecule has 0 bridgehead atoms. The van der Waals surface area contributed by atoms with Gasteiger partial charge in [-0.25, -0.2) is 9.59 Å². The summed E-state index contributed by atoms with van der Waals surface area (Å²) in [5.74, 6) is -0.340. The Bertz CT molecular complexity index is 954. The van der Waals surface area contributed by atoms with Crippen LogP contribution in [0.25, 0.3) is 0 Å². The summed E-state index contributed by atoms with van der Waals surface area (Å²) in [7, 11) is 0. The number of hydrogen-bond acceptors (Lipinski definition) is 5. The number of aliphatic carboxylic acids is 1. The van der Waals surface area contributed by atoms with E-state index in [4.69, 9.17) is 37.4 Å². The number of hydrogen-bond donors (Lipinski definition) is 2. The number of ether oxygens (including phenoxy) is 3. The Morgan fingerprint density at radius 3 is 2.32 bits per heavy atom. The van der Waals surface area contributed by atoms with Crippen molar-refractivity contribution in [3.05, 3.63) is 63.6 Å². The molecule has 0 heterocycles. The number of halogens is 2. The molecule has 0 saturated heterocycles. The molecular weight excluding hydrogens is 519 g/mol. The lowest BCUT2D eigenvalue weighted by molar-refractivity contribution is -0.149. The monoisotopic (exact) mass is 554 g/mol. The van der Waals surface area contributed by atoms with Crippen molar-refractivity contribution in [2.45, 2.75) is 45.8 Å². The van der Waals surface area contributed by atoms with E-state index in [2.05, 4.69) is 5.32 Å². The van der Waals surface area contributed by atoms with E-state index in [-0.39, 0.29) is 12.5 Å². The molecule has 0 spiro atoms. The standard InChI is InChI=1S/C27H36Cl2N2O6/c1-3-10-30-27(34)31(11-5-13-35-19-21-15-22(28)18-23(29)16-21)12-14-37-24-8-6-20(7-9-24)17-25(26(32)33)36-4-2/h6-9,15-16,18,25H,3-5,10-14,17,19H2,1-2H3,(H,30,34)(H,32,33). The Morgan fingerprint density at radius 1 is 1.00 bits per heavy atom. The third-order valence-corrected chi connectivity index (χ3v) is 5.78. The molecule has 0 aliphatic rings. The van der Waals surface area contributed by atoms with E-state index in [1.54, 1.807) is 30.0 Å². The second kappa shape index (κ2) is 17.1. The van der Waals surface area contributed by atoms with Crippen LogP contribution >= 0.6 is 23.2 Å². The lowest BCUT2D eigenvalue weighted by atomic mass is 10.1. The summed E-state index contributed by atoms with van der Waals surface area (Å²) in [5, 5.41) is 13.3. The van der Waals surface area contributed by atoms with Gasteiger partial charge in [0.25, 0.3) is 0 Å². The highest BCUT2D eigenvalue weighted by Gasteiger charge is 2.18. The van der Waals surface area contributed by atoms with Gasteiger partial charge in [0.05, 0.1) is 13.2 Å². The van der Waals surface area contributed by atoms with E-state index in [1.165, 1.54) is 0 Å². The topological polar surface area (TPSA) is 97.3 Å². The second-order valence-corrected chi connectivity index (χ2v) is 9.25. The normalized spacial score (nSPS) is 11.7. The maximum atomic E-state index is 12.6. The van der Waals surface area contributed by atoms with Crippen LogP contribution in [0.3, 0.4) is 0 Å². The third kappa shape index (κ3) is 12.0. The van der Waals surface area contributed by atoms with Gasteiger partial charge in [0.2, 0.25) is 0 Å². The summed E-state index contributed by atoms with van der Waals surface area (Å²) in [6.07, 6.45) is 0.910. The lowest BCUT2D eigenvalue weighted by Gasteiger charge is -2.23. The number of urea groups is 1. The van der Waals surface area contributed by atoms with Gasteiger partial charge >= 0.3 is 12.0 Å². The minimum Gasteiger partial charge on any atom is -0.492 e. The molecule has 0 aliphatic carbocycles. The van der Waals surface area contributed by atoms with Crippen LogP contribution in [0.1, 0.15) is 37.8 Å². The van der Waals surface area contributed by atoms with Crippen LogP contribution < -0.4 is 10.1 Å². The summed E-state index contributed by atoms with van der Waals surface area (Å²) in [4.78, 5) is 25.6. The Labute approximate surface area is 228 Å². The van der Waals surface area contributed by atoms with E-state index in [0.717, 1.165) is 17.5 Å². The molecule has 1 unspecified atom stereocenters. The Hall–Kier alpha value is -2.52. The van der Waals surface area contributed by atoms with E-state index in [0.29, 0.717) is 68.3 Å². The zero-order chi connectivity index (χ0) is 27.0. The maximum Gasteiger partial charge on any atom is 0.333 e. The van der Waals surface area contributed by atoms with Crippen LogP contribution in [0.2, 0.25) is 10.0 Å². The van der Waals surface area contributed by atoms with E-state index in [1.807, 2.05) is 31.2 Å². The van der Waals surface area contributed by atoms with Crippen LogP contribution in [0.15, 0.2) is 42.5 Å². The average Bonchev–Trinajstić information content (AvgIpc) is 2.86. The van der Waals surface area contributed by atoms with Crippen molar-refractivity contribution in [2.24, 2.45) is 0 Å². The van der Waals surface area contributed by atoms with Crippen LogP contribution in [0.5, 0.6) is 5.75 Å². The largest absolute Gasteiger partial charge is 0.492 e. The predicted octanol–water partition coefficient (Wildman–Crippen LogP) is 5.43. The summed E-state index contributed by atoms with van der Waals surface area (Å²) in [6.45, 7) is 6.81. The first kappa shape index (κ1) is 30.7. The molecule has 0 aromatic heterocycles. The first-order valence-electron chi connectivity index (χ1n) is 12.4. The summed E-state index contributed by atoms with van der Waals surface area (Å²) in [5.41, 5.74) is 1.74. The van der Waals surface area contributed by atoms with E-state index < -0.39 is 12.1 Å². The number of carbonyl (C=O) groups is 2. The molecule has 0 fully saturated rings. The number of carboxylic acids is 1. The molecule has 1 atom stereocenters. The highest BCUT2D eigenvalue weighted by atomic mass is 35.5. The number of carbonyl (C=O) groups excluding carboxylic acids is 1. The first-order valence-corrected chi connectivity index (χ1v) is 13.2. The fraction of sp³-hybridized carbons (Fsp3) is 0.481. The van der Waals surface area contributed by atoms with Crippen LogP contribution in [0.4, 0.5) is 4.79 Å². The SMILES string of the molecule is CCCNC(=O)N(CCCOCc1cc(Cl)cc(Cl)c1)CCOc1ccc(CC(OCC)C(=O)O)cc1. The third-order valence-electron chi connectivity index (χ3n) is 5.34. The molecule has 2 aromatic rings. The van der Waals surface area contributed by atoms with Crippen molar-refractivity contribution >= 4 is 35.2 Å². The molecule has 8 nitrogen and oxygen atoms in total. The molecule has 2 rings (SSSR count). The fourth-order valence-corrected chi connectivity index (χ4v) is 4.10. The van der Waals surface area contributed by atoms with Gasteiger partial charge in [0.15, 0.2) is 6.10 Å². The van der Waals surface area contributed by atoms with Gasteiger partial charge in [-0.3, -0.25) is 0 Å². The van der Waals surface area contributed by atoms with Gasteiger partial charge in [0.1, 0.15) is 12.4 Å². The second-order valence-electron chi connectivity index (χ2n) is 8.38. The van der Waals surface area contributed by atoms with Crippen LogP contribution in [-0.2, 0) is 27.3 Å². The van der Waals surface area contributed by atoms with Crippen molar-refractivity contribution < 1.29 is 28.9 Å². The molecule has 0 radical (unpaired) electrons. The number of amides is 2. The Kier molecular flexibility index (Phi) is 14.2. The van der Waals surface area contributed by atoms with Crippen molar-refractivity contribution in [3.8, 4) is 5.75 Å². The predicted molar refractivity (Wildman–Crippen MR) is 145 cm³/mol. The number of rotatable bonds is 17. The Balaban J connectivity index is 1.80. The smallest absolute Gasteiger partial charge is 0.333 e. The molecule has 0 aliphatic heterocycles. The van der Waals surface area contributed by atoms with Gasteiger partial charge in [-0.15, -0.1) is 0 Å². The number of nitrogens with zero attached hydrogens (tertiary/aromatic N) is 1. The summed E-state index contributed by atoms with van der Waals surface area (Å²) in [6, 6.07) is 12.4. The zero-order valence-electron chi connectivity index (χ0n) is 21.4. The van der Waals surface area contributed by atoms with Crippen molar-refractivity contribution in [2.75, 3.05) is 39.5 Å². The molecule has 0 saturated carbocycles. The number of nitrogens with one attached hydrogen (secondary N) is 1. The first-order chi connectivity index (χ1) is 17.8. The van der Waals surface area contributed by atoms with Gasteiger partial charge in [0, 0.05) is 42.8 Å². The highest BCUT2D eigenvalue weighted by molar-refractivity contribution is 6.34. The lowest BCUT2D eigenvalue weighted by Crippen LogP contribution is -2.43. The van der Waals surface area contributed by atoms with E-state index in [9.17, 15) is 14.7 Å². The fourth-order valence-electron chi connectivity index (χ4n) is 3.53. The maximum absolute atomic E-state index is 12.6. The average molecular weight is 555 g/mol. The molecule has 2 aromatic carbocycles.